The Morgan fingerprint density at radius 1 is 1.03 bits per heavy atom. The largest absolute Gasteiger partial charge is 0.497 e. The Bertz CT molecular complexity index is 1110. The van der Waals surface area contributed by atoms with Gasteiger partial charge >= 0.3 is 0 Å². The molecular formula is C27H39N3O5S. The van der Waals surface area contributed by atoms with Gasteiger partial charge in [0.15, 0.2) is 0 Å². The van der Waals surface area contributed by atoms with Gasteiger partial charge in [0.1, 0.15) is 11.8 Å². The predicted molar refractivity (Wildman–Crippen MR) is 144 cm³/mol. The van der Waals surface area contributed by atoms with Crippen LogP contribution in [-0.2, 0) is 26.0 Å². The third-order valence-electron chi connectivity index (χ3n) is 5.64. The second-order valence-corrected chi connectivity index (χ2v) is 11.8. The minimum absolute atomic E-state index is 0.109. The van der Waals surface area contributed by atoms with Crippen LogP contribution in [0.5, 0.6) is 5.75 Å². The second kappa shape index (κ2) is 12.8. The molecule has 0 aliphatic carbocycles. The van der Waals surface area contributed by atoms with Crippen molar-refractivity contribution in [2.75, 3.05) is 30.8 Å². The lowest BCUT2D eigenvalue weighted by Crippen LogP contribution is -2.53. The van der Waals surface area contributed by atoms with E-state index in [1.54, 1.807) is 36.1 Å². The Morgan fingerprint density at radius 2 is 1.69 bits per heavy atom. The fourth-order valence-electron chi connectivity index (χ4n) is 3.81. The van der Waals surface area contributed by atoms with E-state index in [-0.39, 0.29) is 24.8 Å². The first-order valence-electron chi connectivity index (χ1n) is 12.1. The molecule has 0 spiro atoms. The highest BCUT2D eigenvalue weighted by molar-refractivity contribution is 7.92. The van der Waals surface area contributed by atoms with Gasteiger partial charge in [0.2, 0.25) is 21.8 Å². The van der Waals surface area contributed by atoms with Gasteiger partial charge in [0.05, 0.1) is 19.1 Å². The zero-order chi connectivity index (χ0) is 26.9. The summed E-state index contributed by atoms with van der Waals surface area (Å²) in [5.41, 5.74) is 1.12. The molecule has 2 rings (SSSR count). The number of nitrogens with one attached hydrogen (secondary N) is 1. The number of amides is 2. The third kappa shape index (κ3) is 9.18. The summed E-state index contributed by atoms with van der Waals surface area (Å²) >= 11 is 0. The van der Waals surface area contributed by atoms with Crippen molar-refractivity contribution in [1.82, 2.24) is 10.2 Å². The molecule has 0 aromatic heterocycles. The van der Waals surface area contributed by atoms with Gasteiger partial charge in [-0.3, -0.25) is 13.9 Å². The van der Waals surface area contributed by atoms with E-state index < -0.39 is 21.6 Å². The van der Waals surface area contributed by atoms with Crippen LogP contribution in [0, 0.1) is 0 Å². The normalized spacial score (nSPS) is 12.5. The van der Waals surface area contributed by atoms with Gasteiger partial charge in [-0.05, 0) is 58.2 Å². The van der Waals surface area contributed by atoms with E-state index in [9.17, 15) is 18.0 Å². The number of nitrogens with zero attached hydrogens (tertiary/aromatic N) is 2. The molecule has 2 aromatic rings. The zero-order valence-electron chi connectivity index (χ0n) is 22.2. The fourth-order valence-corrected chi connectivity index (χ4v) is 4.77. The van der Waals surface area contributed by atoms with E-state index in [4.69, 9.17) is 4.74 Å². The van der Waals surface area contributed by atoms with Crippen molar-refractivity contribution in [2.45, 2.75) is 58.5 Å². The summed E-state index contributed by atoms with van der Waals surface area (Å²) in [6.07, 6.45) is 2.16. The van der Waals surface area contributed by atoms with E-state index in [2.05, 4.69) is 5.32 Å². The summed E-state index contributed by atoms with van der Waals surface area (Å²) in [7, 11) is -2.05. The number of methoxy groups -OCH3 is 1. The summed E-state index contributed by atoms with van der Waals surface area (Å²) in [6, 6.07) is 15.9. The highest BCUT2D eigenvalue weighted by Gasteiger charge is 2.28. The minimum Gasteiger partial charge on any atom is -0.497 e. The molecule has 0 bridgehead atoms. The molecular weight excluding hydrogens is 478 g/mol. The number of hydrogen-bond acceptors (Lipinski definition) is 5. The first kappa shape index (κ1) is 29.2. The molecule has 0 fully saturated rings. The Hall–Kier alpha value is -3.07. The molecule has 0 radical (unpaired) electrons. The lowest BCUT2D eigenvalue weighted by molar-refractivity contribution is -0.140. The molecule has 198 valence electrons. The van der Waals surface area contributed by atoms with Gasteiger partial charge in [0.25, 0.3) is 0 Å². The summed E-state index contributed by atoms with van der Waals surface area (Å²) < 4.78 is 31.4. The van der Waals surface area contributed by atoms with E-state index in [1.807, 2.05) is 51.1 Å². The van der Waals surface area contributed by atoms with E-state index >= 15 is 0 Å². The van der Waals surface area contributed by atoms with Crippen LogP contribution in [0.1, 0.15) is 46.1 Å². The van der Waals surface area contributed by atoms with Crippen molar-refractivity contribution in [1.29, 1.82) is 0 Å². The topological polar surface area (TPSA) is 96.0 Å². The zero-order valence-corrected chi connectivity index (χ0v) is 23.0. The molecule has 2 aromatic carbocycles. The van der Waals surface area contributed by atoms with Crippen LogP contribution in [-0.4, -0.2) is 63.2 Å². The van der Waals surface area contributed by atoms with Gasteiger partial charge in [-0.2, -0.15) is 0 Å². The van der Waals surface area contributed by atoms with Gasteiger partial charge < -0.3 is 15.0 Å². The highest BCUT2D eigenvalue weighted by atomic mass is 32.2. The molecule has 0 saturated heterocycles. The van der Waals surface area contributed by atoms with Crippen LogP contribution in [0.25, 0.3) is 0 Å². The number of hydrogen-bond donors (Lipinski definition) is 1. The first-order valence-corrected chi connectivity index (χ1v) is 13.9. The van der Waals surface area contributed by atoms with Gasteiger partial charge in [-0.25, -0.2) is 8.42 Å². The number of ether oxygens (including phenoxy) is 1. The highest BCUT2D eigenvalue weighted by Crippen LogP contribution is 2.23. The summed E-state index contributed by atoms with van der Waals surface area (Å²) in [5, 5.41) is 2.95. The molecule has 2 amide bonds. The molecule has 0 saturated carbocycles. The van der Waals surface area contributed by atoms with Gasteiger partial charge in [0, 0.05) is 31.1 Å². The monoisotopic (exact) mass is 517 g/mol. The smallest absolute Gasteiger partial charge is 0.242 e. The average molecular weight is 518 g/mol. The summed E-state index contributed by atoms with van der Waals surface area (Å²) in [4.78, 5) is 27.8. The average Bonchev–Trinajstić information content (AvgIpc) is 2.80. The molecule has 0 aliphatic heterocycles. The van der Waals surface area contributed by atoms with Crippen LogP contribution in [0.15, 0.2) is 54.6 Å². The summed E-state index contributed by atoms with van der Waals surface area (Å²) in [5.74, 6) is 0.127. The maximum absolute atomic E-state index is 13.3. The van der Waals surface area contributed by atoms with E-state index in [0.717, 1.165) is 11.8 Å². The first-order chi connectivity index (χ1) is 16.8. The standard InChI is InChI=1S/C27H39N3O5S/c1-21(26(32)28-27(2,3)4)29(19-17-22-12-8-7-9-13-22)25(31)16-11-18-30(36(6,33)34)23-14-10-15-24(20-23)35-5/h7-10,12-15,20-21H,11,16-19H2,1-6H3,(H,28,32)/t21-/m1/s1. The Labute approximate surface area is 215 Å². The Balaban J connectivity index is 2.14. The van der Waals surface area contributed by atoms with Crippen LogP contribution < -0.4 is 14.4 Å². The van der Waals surface area contributed by atoms with Crippen molar-refractivity contribution in [3.8, 4) is 5.75 Å². The lowest BCUT2D eigenvalue weighted by atomic mass is 10.1. The van der Waals surface area contributed by atoms with E-state index in [1.165, 1.54) is 11.4 Å². The van der Waals surface area contributed by atoms with Crippen molar-refractivity contribution >= 4 is 27.5 Å². The molecule has 1 N–H and O–H groups in total. The van der Waals surface area contributed by atoms with Crippen LogP contribution in [0.2, 0.25) is 0 Å². The van der Waals surface area contributed by atoms with Crippen molar-refractivity contribution in [3.05, 3.63) is 60.2 Å². The van der Waals surface area contributed by atoms with Crippen LogP contribution in [0.3, 0.4) is 0 Å². The number of benzene rings is 2. The van der Waals surface area contributed by atoms with Crippen molar-refractivity contribution in [3.63, 3.8) is 0 Å². The maximum Gasteiger partial charge on any atom is 0.242 e. The van der Waals surface area contributed by atoms with Gasteiger partial charge in [-0.15, -0.1) is 0 Å². The third-order valence-corrected chi connectivity index (χ3v) is 6.84. The summed E-state index contributed by atoms with van der Waals surface area (Å²) in [6.45, 7) is 7.92. The minimum atomic E-state index is -3.57. The van der Waals surface area contributed by atoms with Gasteiger partial charge in [-0.1, -0.05) is 36.4 Å². The maximum atomic E-state index is 13.3. The fraction of sp³-hybridized carbons (Fsp3) is 0.481. The molecule has 9 heteroatoms. The molecule has 0 heterocycles. The number of anilines is 1. The SMILES string of the molecule is COc1cccc(N(CCCC(=O)N(CCc2ccccc2)[C@H](C)C(=O)NC(C)(C)C)S(C)(=O)=O)c1. The molecule has 0 aliphatic rings. The van der Waals surface area contributed by atoms with Crippen LogP contribution >= 0.6 is 0 Å². The predicted octanol–water partition coefficient (Wildman–Crippen LogP) is 3.62. The second-order valence-electron chi connectivity index (χ2n) is 9.88. The van der Waals surface area contributed by atoms with Crippen molar-refractivity contribution in [2.24, 2.45) is 0 Å². The lowest BCUT2D eigenvalue weighted by Gasteiger charge is -2.32. The Kier molecular flexibility index (Phi) is 10.3. The number of rotatable bonds is 12. The molecule has 0 unspecified atom stereocenters. The van der Waals surface area contributed by atoms with E-state index in [0.29, 0.717) is 30.8 Å². The Morgan fingerprint density at radius 3 is 2.28 bits per heavy atom. The quantitative estimate of drug-likeness (QED) is 0.464. The molecule has 8 nitrogen and oxygen atoms in total. The number of carbonyl (C=O) groups excluding carboxylic acids is 2. The van der Waals surface area contributed by atoms with Crippen LogP contribution in [0.4, 0.5) is 5.69 Å². The van der Waals surface area contributed by atoms with Crippen molar-refractivity contribution < 1.29 is 22.7 Å². The molecule has 1 atom stereocenters. The number of sulfonamides is 1. The molecule has 36 heavy (non-hydrogen) atoms. The number of carbonyl (C=O) groups is 2.